The number of carbonyl (C=O) groups excluding carboxylic acids is 1. The number of piperidine rings is 2. The number of benzene rings is 1. The Labute approximate surface area is 154 Å². The molecule has 3 rings (SSSR count). The minimum atomic E-state index is -0.715. The Balaban J connectivity index is 1.67. The molecule has 1 aromatic carbocycles. The maximum Gasteiger partial charge on any atom is 0.311 e. The Morgan fingerprint density at radius 3 is 2.62 bits per heavy atom. The summed E-state index contributed by atoms with van der Waals surface area (Å²) < 4.78 is 5.43. The molecule has 2 saturated heterocycles. The Morgan fingerprint density at radius 2 is 1.96 bits per heavy atom. The number of ether oxygens (including phenoxy) is 1. The molecular formula is C20H28N2O4. The first-order valence-corrected chi connectivity index (χ1v) is 9.39. The lowest BCUT2D eigenvalue weighted by Gasteiger charge is -2.51. The molecule has 0 spiro atoms. The van der Waals surface area contributed by atoms with E-state index in [9.17, 15) is 14.7 Å². The number of carboxylic acid groups (broad SMARTS) is 1. The number of aliphatic carboxylic acids is 1. The number of carboxylic acids is 1. The van der Waals surface area contributed by atoms with E-state index in [0.717, 1.165) is 24.3 Å². The van der Waals surface area contributed by atoms with E-state index >= 15 is 0 Å². The van der Waals surface area contributed by atoms with Gasteiger partial charge in [-0.3, -0.25) is 9.59 Å². The number of likely N-dealkylation sites (tertiary alicyclic amines) is 2. The molecule has 2 fully saturated rings. The van der Waals surface area contributed by atoms with E-state index < -0.39 is 11.4 Å². The number of amides is 1. The van der Waals surface area contributed by atoms with Crippen LogP contribution in [0.15, 0.2) is 24.3 Å². The molecule has 2 atom stereocenters. The lowest BCUT2D eigenvalue weighted by Crippen LogP contribution is -2.63. The van der Waals surface area contributed by atoms with Crippen LogP contribution in [0, 0.1) is 5.41 Å². The zero-order chi connectivity index (χ0) is 18.7. The molecule has 0 bridgehead atoms. The Bertz CT molecular complexity index is 660. The van der Waals surface area contributed by atoms with Gasteiger partial charge in [0, 0.05) is 19.1 Å². The quantitative estimate of drug-likeness (QED) is 0.870. The molecule has 6 nitrogen and oxygen atoms in total. The van der Waals surface area contributed by atoms with Crippen LogP contribution >= 0.6 is 0 Å². The highest BCUT2D eigenvalue weighted by Crippen LogP contribution is 2.42. The van der Waals surface area contributed by atoms with Gasteiger partial charge in [-0.15, -0.1) is 0 Å². The van der Waals surface area contributed by atoms with Gasteiger partial charge in [-0.1, -0.05) is 12.1 Å². The van der Waals surface area contributed by atoms with Crippen molar-refractivity contribution in [1.29, 1.82) is 0 Å². The van der Waals surface area contributed by atoms with Crippen molar-refractivity contribution < 1.29 is 19.4 Å². The van der Waals surface area contributed by atoms with Crippen molar-refractivity contribution in [3.8, 4) is 5.75 Å². The van der Waals surface area contributed by atoms with Crippen LogP contribution in [0.1, 0.15) is 31.7 Å². The molecule has 6 heteroatoms. The summed E-state index contributed by atoms with van der Waals surface area (Å²) in [6, 6.07) is 7.49. The minimum absolute atomic E-state index is 0.0622. The van der Waals surface area contributed by atoms with Crippen LogP contribution < -0.4 is 4.74 Å². The average molecular weight is 360 g/mol. The van der Waals surface area contributed by atoms with E-state index in [-0.39, 0.29) is 11.9 Å². The lowest BCUT2D eigenvalue weighted by atomic mass is 9.68. The molecule has 1 N–H and O–H groups in total. The first kappa shape index (κ1) is 18.7. The fourth-order valence-electron chi connectivity index (χ4n) is 4.37. The molecule has 142 valence electrons. The molecule has 2 heterocycles. The van der Waals surface area contributed by atoms with Gasteiger partial charge >= 0.3 is 5.97 Å². The van der Waals surface area contributed by atoms with E-state index in [1.807, 2.05) is 43.1 Å². The third kappa shape index (κ3) is 3.56. The van der Waals surface area contributed by atoms with Gasteiger partial charge in [0.15, 0.2) is 0 Å². The second kappa shape index (κ2) is 7.66. The summed E-state index contributed by atoms with van der Waals surface area (Å²) in [6.45, 7) is 4.46. The maximum absolute atomic E-state index is 12.8. The highest BCUT2D eigenvalue weighted by molar-refractivity contribution is 5.80. The van der Waals surface area contributed by atoms with Crippen LogP contribution in [-0.4, -0.2) is 66.1 Å². The number of likely N-dealkylation sites (N-methyl/N-ethyl adjacent to an activating group) is 1. The van der Waals surface area contributed by atoms with E-state index in [1.54, 1.807) is 0 Å². The zero-order valence-corrected chi connectivity index (χ0v) is 15.6. The fraction of sp³-hybridized carbons (Fsp3) is 0.600. The summed E-state index contributed by atoms with van der Waals surface area (Å²) in [5.74, 6) is 0.150. The average Bonchev–Trinajstić information content (AvgIpc) is 2.63. The van der Waals surface area contributed by atoms with Gasteiger partial charge in [-0.25, -0.2) is 0 Å². The van der Waals surface area contributed by atoms with E-state index in [4.69, 9.17) is 4.74 Å². The van der Waals surface area contributed by atoms with Crippen LogP contribution in [-0.2, 0) is 16.0 Å². The van der Waals surface area contributed by atoms with Crippen LogP contribution in [0.5, 0.6) is 5.75 Å². The summed E-state index contributed by atoms with van der Waals surface area (Å²) in [4.78, 5) is 28.7. The normalized spacial score (nSPS) is 26.2. The summed E-state index contributed by atoms with van der Waals surface area (Å²) in [6.07, 6.45) is 2.48. The van der Waals surface area contributed by atoms with Crippen LogP contribution in [0.4, 0.5) is 0 Å². The van der Waals surface area contributed by atoms with E-state index in [2.05, 4.69) is 4.90 Å². The van der Waals surface area contributed by atoms with Crippen molar-refractivity contribution in [3.05, 3.63) is 29.8 Å². The molecule has 0 saturated carbocycles. The standard InChI is InChI=1S/C20H28N2O4/c1-3-26-16-7-5-15(6-8-16)13-18(23)22-12-10-20(19(24)25)9-4-11-21(2)17(20)14-22/h5-8,17H,3-4,9-14H2,1-2H3,(H,24,25)/t17-,20+/m1/s1. The third-order valence-corrected chi connectivity index (χ3v) is 5.89. The second-order valence-corrected chi connectivity index (χ2v) is 7.40. The molecule has 1 aromatic rings. The van der Waals surface area contributed by atoms with Gasteiger partial charge in [0.1, 0.15) is 5.75 Å². The van der Waals surface area contributed by atoms with Gasteiger partial charge in [0.2, 0.25) is 5.91 Å². The Hall–Kier alpha value is -2.08. The smallest absolute Gasteiger partial charge is 0.311 e. The van der Waals surface area contributed by atoms with Crippen molar-refractivity contribution in [2.45, 2.75) is 38.6 Å². The number of rotatable bonds is 5. The first-order valence-electron chi connectivity index (χ1n) is 9.39. The highest BCUT2D eigenvalue weighted by atomic mass is 16.5. The van der Waals surface area contributed by atoms with E-state index in [1.165, 1.54) is 0 Å². The van der Waals surface area contributed by atoms with Gasteiger partial charge < -0.3 is 19.6 Å². The van der Waals surface area contributed by atoms with E-state index in [0.29, 0.717) is 39.0 Å². The third-order valence-electron chi connectivity index (χ3n) is 5.89. The maximum atomic E-state index is 12.8. The Morgan fingerprint density at radius 1 is 1.23 bits per heavy atom. The van der Waals surface area contributed by atoms with Gasteiger partial charge in [0.05, 0.1) is 18.4 Å². The van der Waals surface area contributed by atoms with Crippen molar-refractivity contribution in [2.75, 3.05) is 33.3 Å². The number of carbonyl (C=O) groups is 2. The first-order chi connectivity index (χ1) is 12.5. The monoisotopic (exact) mass is 360 g/mol. The summed E-state index contributed by atoms with van der Waals surface area (Å²) in [5.41, 5.74) is 0.244. The Kier molecular flexibility index (Phi) is 5.51. The zero-order valence-electron chi connectivity index (χ0n) is 15.6. The van der Waals surface area contributed by atoms with Crippen LogP contribution in [0.2, 0.25) is 0 Å². The summed E-state index contributed by atoms with van der Waals surface area (Å²) >= 11 is 0. The topological polar surface area (TPSA) is 70.1 Å². The van der Waals surface area contributed by atoms with Gasteiger partial charge in [0.25, 0.3) is 0 Å². The SMILES string of the molecule is CCOc1ccc(CC(=O)N2CC[C@@]3(C(=O)O)CCCN(C)[C@@H]3C2)cc1. The minimum Gasteiger partial charge on any atom is -0.494 e. The number of hydrogen-bond acceptors (Lipinski definition) is 4. The largest absolute Gasteiger partial charge is 0.494 e. The van der Waals surface area contributed by atoms with Crippen LogP contribution in [0.3, 0.4) is 0 Å². The molecule has 0 radical (unpaired) electrons. The molecule has 0 unspecified atom stereocenters. The molecule has 1 amide bonds. The predicted molar refractivity (Wildman–Crippen MR) is 98.2 cm³/mol. The summed E-state index contributed by atoms with van der Waals surface area (Å²) in [7, 11) is 1.97. The highest BCUT2D eigenvalue weighted by Gasteiger charge is 2.52. The van der Waals surface area contributed by atoms with Gasteiger partial charge in [-0.05, 0) is 57.5 Å². The van der Waals surface area contributed by atoms with Crippen molar-refractivity contribution >= 4 is 11.9 Å². The number of nitrogens with zero attached hydrogens (tertiary/aromatic N) is 2. The summed E-state index contributed by atoms with van der Waals surface area (Å²) in [5, 5.41) is 9.83. The molecule has 2 aliphatic rings. The van der Waals surface area contributed by atoms with Crippen molar-refractivity contribution in [1.82, 2.24) is 9.80 Å². The lowest BCUT2D eigenvalue weighted by molar-refractivity contribution is -0.165. The number of hydrogen-bond donors (Lipinski definition) is 1. The predicted octanol–water partition coefficient (Wildman–Crippen LogP) is 2.03. The molecule has 2 aliphatic heterocycles. The molecule has 0 aliphatic carbocycles. The molecular weight excluding hydrogens is 332 g/mol. The number of fused-ring (bicyclic) bond motifs is 1. The fourth-order valence-corrected chi connectivity index (χ4v) is 4.37. The van der Waals surface area contributed by atoms with Crippen molar-refractivity contribution in [2.24, 2.45) is 5.41 Å². The van der Waals surface area contributed by atoms with Crippen molar-refractivity contribution in [3.63, 3.8) is 0 Å². The van der Waals surface area contributed by atoms with Gasteiger partial charge in [-0.2, -0.15) is 0 Å². The van der Waals surface area contributed by atoms with Crippen LogP contribution in [0.25, 0.3) is 0 Å². The second-order valence-electron chi connectivity index (χ2n) is 7.40. The molecule has 26 heavy (non-hydrogen) atoms. The molecule has 0 aromatic heterocycles.